The number of hydrogen-bond acceptors (Lipinski definition) is 4. The first-order valence-electron chi connectivity index (χ1n) is 4.57. The van der Waals surface area contributed by atoms with Crippen molar-refractivity contribution >= 4 is 17.7 Å². The van der Waals surface area contributed by atoms with Gasteiger partial charge < -0.3 is 4.74 Å². The predicted molar refractivity (Wildman–Crippen MR) is 55.0 cm³/mol. The van der Waals surface area contributed by atoms with Gasteiger partial charge in [0, 0.05) is 23.6 Å². The summed E-state index contributed by atoms with van der Waals surface area (Å²) in [5, 5.41) is 0.610. The van der Waals surface area contributed by atoms with Crippen molar-refractivity contribution in [1.82, 2.24) is 4.90 Å². The van der Waals surface area contributed by atoms with Crippen molar-refractivity contribution in [3.63, 3.8) is 0 Å². The second kappa shape index (κ2) is 4.86. The summed E-state index contributed by atoms with van der Waals surface area (Å²) in [4.78, 5) is 13.2. The van der Waals surface area contributed by atoms with Gasteiger partial charge in [0.1, 0.15) is 0 Å². The molecule has 1 fully saturated rings. The number of carbonyl (C=O) groups is 1. The van der Waals surface area contributed by atoms with Crippen LogP contribution in [0.5, 0.6) is 0 Å². The molecular formula is C9H17NO2S. The van der Waals surface area contributed by atoms with E-state index < -0.39 is 0 Å². The fourth-order valence-corrected chi connectivity index (χ4v) is 2.61. The Morgan fingerprint density at radius 1 is 1.62 bits per heavy atom. The van der Waals surface area contributed by atoms with Crippen LogP contribution < -0.4 is 0 Å². The van der Waals surface area contributed by atoms with Crippen LogP contribution in [-0.2, 0) is 9.53 Å². The minimum atomic E-state index is -0.133. The normalized spacial score (nSPS) is 30.1. The minimum Gasteiger partial charge on any atom is -0.468 e. The molecule has 13 heavy (non-hydrogen) atoms. The van der Waals surface area contributed by atoms with Gasteiger partial charge in [0.05, 0.1) is 13.7 Å². The van der Waals surface area contributed by atoms with Gasteiger partial charge in [-0.15, -0.1) is 0 Å². The van der Waals surface area contributed by atoms with Gasteiger partial charge in [-0.2, -0.15) is 11.8 Å². The monoisotopic (exact) mass is 203 g/mol. The largest absolute Gasteiger partial charge is 0.468 e. The molecule has 1 rings (SSSR count). The smallest absolute Gasteiger partial charge is 0.319 e. The van der Waals surface area contributed by atoms with Crippen molar-refractivity contribution in [1.29, 1.82) is 0 Å². The summed E-state index contributed by atoms with van der Waals surface area (Å²) >= 11 is 1.97. The molecule has 1 saturated heterocycles. The van der Waals surface area contributed by atoms with Gasteiger partial charge in [0.15, 0.2) is 0 Å². The first-order chi connectivity index (χ1) is 6.15. The van der Waals surface area contributed by atoms with E-state index in [-0.39, 0.29) is 5.97 Å². The van der Waals surface area contributed by atoms with Gasteiger partial charge in [0.25, 0.3) is 0 Å². The Bertz CT molecular complexity index is 186. The maximum absolute atomic E-state index is 11.1. The van der Waals surface area contributed by atoms with Crippen molar-refractivity contribution in [2.75, 3.05) is 26.0 Å². The van der Waals surface area contributed by atoms with Crippen LogP contribution in [0.1, 0.15) is 13.8 Å². The lowest BCUT2D eigenvalue weighted by atomic mass is 10.2. The molecule has 0 aromatic heterocycles. The summed E-state index contributed by atoms with van der Waals surface area (Å²) in [7, 11) is 1.44. The molecule has 1 aliphatic heterocycles. The van der Waals surface area contributed by atoms with E-state index in [2.05, 4.69) is 23.5 Å². The number of methoxy groups -OCH3 is 1. The SMILES string of the molecule is COC(=O)CN1CCSC(C)C1C. The Morgan fingerprint density at radius 2 is 2.31 bits per heavy atom. The zero-order chi connectivity index (χ0) is 9.84. The Morgan fingerprint density at radius 3 is 2.92 bits per heavy atom. The predicted octanol–water partition coefficient (Wildman–Crippen LogP) is 0.985. The Balaban J connectivity index is 2.43. The molecule has 0 saturated carbocycles. The average Bonchev–Trinajstić information content (AvgIpc) is 2.13. The fraction of sp³-hybridized carbons (Fsp3) is 0.889. The highest BCUT2D eigenvalue weighted by Gasteiger charge is 2.26. The molecule has 4 heteroatoms. The third-order valence-corrected chi connectivity index (χ3v) is 3.91. The number of ether oxygens (including phenoxy) is 1. The first-order valence-corrected chi connectivity index (χ1v) is 5.62. The van der Waals surface area contributed by atoms with Gasteiger partial charge in [-0.05, 0) is 6.92 Å². The maximum Gasteiger partial charge on any atom is 0.319 e. The zero-order valence-corrected chi connectivity index (χ0v) is 9.26. The van der Waals surface area contributed by atoms with E-state index in [0.29, 0.717) is 17.8 Å². The number of esters is 1. The lowest BCUT2D eigenvalue weighted by molar-refractivity contribution is -0.142. The van der Waals surface area contributed by atoms with Gasteiger partial charge in [-0.3, -0.25) is 9.69 Å². The molecule has 1 heterocycles. The van der Waals surface area contributed by atoms with Crippen molar-refractivity contribution in [3.05, 3.63) is 0 Å². The van der Waals surface area contributed by atoms with Crippen molar-refractivity contribution in [2.24, 2.45) is 0 Å². The molecule has 76 valence electrons. The summed E-state index contributed by atoms with van der Waals surface area (Å²) in [6.07, 6.45) is 0. The number of rotatable bonds is 2. The third kappa shape index (κ3) is 2.88. The summed E-state index contributed by atoms with van der Waals surface area (Å²) in [5.74, 6) is 0.980. The highest BCUT2D eigenvalue weighted by Crippen LogP contribution is 2.23. The van der Waals surface area contributed by atoms with Crippen LogP contribution in [0, 0.1) is 0 Å². The topological polar surface area (TPSA) is 29.5 Å². The van der Waals surface area contributed by atoms with Crippen LogP contribution in [-0.4, -0.2) is 48.1 Å². The molecule has 0 spiro atoms. The highest BCUT2D eigenvalue weighted by molar-refractivity contribution is 8.00. The maximum atomic E-state index is 11.1. The second-order valence-electron chi connectivity index (χ2n) is 3.36. The quantitative estimate of drug-likeness (QED) is 0.626. The molecule has 0 amide bonds. The third-order valence-electron chi connectivity index (χ3n) is 2.57. The van der Waals surface area contributed by atoms with E-state index in [1.165, 1.54) is 7.11 Å². The van der Waals surface area contributed by atoms with Gasteiger partial charge in [-0.1, -0.05) is 6.92 Å². The van der Waals surface area contributed by atoms with Crippen LogP contribution in [0.15, 0.2) is 0 Å². The highest BCUT2D eigenvalue weighted by atomic mass is 32.2. The fourth-order valence-electron chi connectivity index (χ4n) is 1.45. The van der Waals surface area contributed by atoms with Crippen molar-refractivity contribution < 1.29 is 9.53 Å². The lowest BCUT2D eigenvalue weighted by Gasteiger charge is -2.36. The zero-order valence-electron chi connectivity index (χ0n) is 8.45. The first kappa shape index (κ1) is 10.9. The molecular weight excluding hydrogens is 186 g/mol. The minimum absolute atomic E-state index is 0.133. The molecule has 1 aliphatic rings. The van der Waals surface area contributed by atoms with E-state index in [1.54, 1.807) is 0 Å². The second-order valence-corrected chi connectivity index (χ2v) is 4.85. The van der Waals surface area contributed by atoms with E-state index in [9.17, 15) is 4.79 Å². The van der Waals surface area contributed by atoms with Gasteiger partial charge in [-0.25, -0.2) is 0 Å². The summed E-state index contributed by atoms with van der Waals surface area (Å²) < 4.78 is 4.65. The molecule has 0 aromatic carbocycles. The summed E-state index contributed by atoms with van der Waals surface area (Å²) in [6.45, 7) is 5.80. The molecule has 0 bridgehead atoms. The summed E-state index contributed by atoms with van der Waals surface area (Å²) in [6, 6.07) is 0.470. The molecule has 0 aromatic rings. The number of nitrogens with zero attached hydrogens (tertiary/aromatic N) is 1. The molecule has 0 radical (unpaired) electrons. The lowest BCUT2D eigenvalue weighted by Crippen LogP contribution is -2.47. The van der Waals surface area contributed by atoms with E-state index >= 15 is 0 Å². The van der Waals surface area contributed by atoms with E-state index in [1.807, 2.05) is 11.8 Å². The van der Waals surface area contributed by atoms with E-state index in [0.717, 1.165) is 12.3 Å². The van der Waals surface area contributed by atoms with Crippen molar-refractivity contribution in [3.8, 4) is 0 Å². The van der Waals surface area contributed by atoms with Gasteiger partial charge >= 0.3 is 5.97 Å². The summed E-state index contributed by atoms with van der Waals surface area (Å²) in [5.41, 5.74) is 0. The Labute approximate surface area is 83.8 Å². The average molecular weight is 203 g/mol. The van der Waals surface area contributed by atoms with Crippen LogP contribution in [0.25, 0.3) is 0 Å². The van der Waals surface area contributed by atoms with Gasteiger partial charge in [0.2, 0.25) is 0 Å². The molecule has 2 unspecified atom stereocenters. The van der Waals surface area contributed by atoms with Crippen molar-refractivity contribution in [2.45, 2.75) is 25.1 Å². The van der Waals surface area contributed by atoms with Crippen LogP contribution in [0.3, 0.4) is 0 Å². The molecule has 2 atom stereocenters. The number of carbonyl (C=O) groups excluding carboxylic acids is 1. The Hall–Kier alpha value is -0.220. The standard InChI is InChI=1S/C9H17NO2S/c1-7-8(2)13-5-4-10(7)6-9(11)12-3/h7-8H,4-6H2,1-3H3. The molecule has 0 N–H and O–H groups in total. The molecule has 3 nitrogen and oxygen atoms in total. The van der Waals surface area contributed by atoms with Crippen LogP contribution in [0.4, 0.5) is 0 Å². The van der Waals surface area contributed by atoms with Crippen LogP contribution in [0.2, 0.25) is 0 Å². The van der Waals surface area contributed by atoms with E-state index in [4.69, 9.17) is 0 Å². The number of thioether (sulfide) groups is 1. The Kier molecular flexibility index (Phi) is 4.06. The van der Waals surface area contributed by atoms with Crippen LogP contribution >= 0.6 is 11.8 Å². The molecule has 0 aliphatic carbocycles. The number of hydrogen-bond donors (Lipinski definition) is 0.